The number of hydrogen-bond donors (Lipinski definition) is 1. The Kier molecular flexibility index (Phi) is 6.61. The molecular formula is C22H25N3O6S. The lowest BCUT2D eigenvalue weighted by Gasteiger charge is -2.34. The molecule has 2 aromatic carbocycles. The highest BCUT2D eigenvalue weighted by molar-refractivity contribution is 7.89. The summed E-state index contributed by atoms with van der Waals surface area (Å²) in [7, 11) is -3.90. The van der Waals surface area contributed by atoms with Crippen LogP contribution in [0.25, 0.3) is 0 Å². The van der Waals surface area contributed by atoms with Crippen LogP contribution in [0, 0.1) is 0 Å². The SMILES string of the molecule is O=C(CNS(=O)(=O)c1ccc2c(c1)OCCCO2)N1CCN(C(=O)c2ccccc2)CC1. The van der Waals surface area contributed by atoms with Gasteiger partial charge in [-0.1, -0.05) is 18.2 Å². The number of hydrogen-bond acceptors (Lipinski definition) is 6. The molecule has 2 aliphatic heterocycles. The number of rotatable bonds is 5. The van der Waals surface area contributed by atoms with Crippen LogP contribution in [0.3, 0.4) is 0 Å². The Morgan fingerprint density at radius 2 is 1.53 bits per heavy atom. The smallest absolute Gasteiger partial charge is 0.253 e. The molecule has 0 aromatic heterocycles. The fourth-order valence-electron chi connectivity index (χ4n) is 3.58. The Labute approximate surface area is 187 Å². The number of nitrogens with zero attached hydrogens (tertiary/aromatic N) is 2. The Balaban J connectivity index is 1.31. The van der Waals surface area contributed by atoms with E-state index in [-0.39, 0.29) is 23.3 Å². The molecule has 10 heteroatoms. The summed E-state index contributed by atoms with van der Waals surface area (Å²) in [6.07, 6.45) is 0.716. The van der Waals surface area contributed by atoms with Gasteiger partial charge in [-0.05, 0) is 24.3 Å². The van der Waals surface area contributed by atoms with Crippen molar-refractivity contribution in [2.24, 2.45) is 0 Å². The maximum Gasteiger partial charge on any atom is 0.253 e. The second kappa shape index (κ2) is 9.58. The highest BCUT2D eigenvalue weighted by Gasteiger charge is 2.26. The van der Waals surface area contributed by atoms with E-state index in [4.69, 9.17) is 9.47 Å². The first-order valence-corrected chi connectivity index (χ1v) is 11.9. The molecule has 0 bridgehead atoms. The summed E-state index contributed by atoms with van der Waals surface area (Å²) < 4.78 is 38.7. The molecule has 0 aliphatic carbocycles. The van der Waals surface area contributed by atoms with Gasteiger partial charge in [0.15, 0.2) is 11.5 Å². The van der Waals surface area contributed by atoms with Crippen LogP contribution in [-0.4, -0.2) is 76.0 Å². The molecule has 1 fully saturated rings. The number of ether oxygens (including phenoxy) is 2. The zero-order valence-corrected chi connectivity index (χ0v) is 18.3. The Morgan fingerprint density at radius 1 is 0.875 bits per heavy atom. The van der Waals surface area contributed by atoms with Crippen LogP contribution < -0.4 is 14.2 Å². The van der Waals surface area contributed by atoms with Crippen LogP contribution in [-0.2, 0) is 14.8 Å². The van der Waals surface area contributed by atoms with E-state index < -0.39 is 10.0 Å². The van der Waals surface area contributed by atoms with Gasteiger partial charge in [0.25, 0.3) is 5.91 Å². The average molecular weight is 460 g/mol. The van der Waals surface area contributed by atoms with Crippen molar-refractivity contribution < 1.29 is 27.5 Å². The molecule has 0 spiro atoms. The Hall–Kier alpha value is -3.11. The summed E-state index contributed by atoms with van der Waals surface area (Å²) in [4.78, 5) is 28.3. The summed E-state index contributed by atoms with van der Waals surface area (Å²) in [5, 5.41) is 0. The molecular weight excluding hydrogens is 434 g/mol. The monoisotopic (exact) mass is 459 g/mol. The first-order valence-electron chi connectivity index (χ1n) is 10.5. The van der Waals surface area contributed by atoms with E-state index in [1.807, 2.05) is 18.2 Å². The third-order valence-corrected chi connectivity index (χ3v) is 6.78. The van der Waals surface area contributed by atoms with Crippen LogP contribution in [0.1, 0.15) is 16.8 Å². The molecule has 170 valence electrons. The van der Waals surface area contributed by atoms with E-state index in [0.29, 0.717) is 62.9 Å². The molecule has 9 nitrogen and oxygen atoms in total. The first kappa shape index (κ1) is 22.1. The van der Waals surface area contributed by atoms with Crippen molar-refractivity contribution in [2.75, 3.05) is 45.9 Å². The number of sulfonamides is 1. The maximum atomic E-state index is 12.7. The number of piperazine rings is 1. The zero-order chi connectivity index (χ0) is 22.6. The number of nitrogens with one attached hydrogen (secondary N) is 1. The summed E-state index contributed by atoms with van der Waals surface area (Å²) in [6, 6.07) is 13.4. The first-order chi connectivity index (χ1) is 15.4. The lowest BCUT2D eigenvalue weighted by atomic mass is 10.2. The highest BCUT2D eigenvalue weighted by atomic mass is 32.2. The summed E-state index contributed by atoms with van der Waals surface area (Å²) >= 11 is 0. The van der Waals surface area contributed by atoms with Crippen LogP contribution >= 0.6 is 0 Å². The lowest BCUT2D eigenvalue weighted by molar-refractivity contribution is -0.131. The minimum absolute atomic E-state index is 0.00725. The molecule has 2 aromatic rings. The number of carbonyl (C=O) groups excluding carboxylic acids is 2. The van der Waals surface area contributed by atoms with E-state index in [0.717, 1.165) is 0 Å². The standard InChI is InChI=1S/C22H25N3O6S/c26-21(24-9-11-25(12-10-24)22(27)17-5-2-1-3-6-17)16-23-32(28,29)18-7-8-19-20(15-18)31-14-4-13-30-19/h1-3,5-8,15,23H,4,9-14,16H2. The molecule has 1 saturated heterocycles. The van der Waals surface area contributed by atoms with Gasteiger partial charge in [-0.3, -0.25) is 9.59 Å². The summed E-state index contributed by atoms with van der Waals surface area (Å²) in [5.74, 6) is 0.457. The molecule has 2 amide bonds. The molecule has 32 heavy (non-hydrogen) atoms. The van der Waals surface area contributed by atoms with Crippen LogP contribution in [0.4, 0.5) is 0 Å². The number of amides is 2. The minimum Gasteiger partial charge on any atom is -0.490 e. The normalized spacial score (nSPS) is 16.4. The van der Waals surface area contributed by atoms with Crippen molar-refractivity contribution in [3.8, 4) is 11.5 Å². The van der Waals surface area contributed by atoms with Crippen molar-refractivity contribution in [3.05, 3.63) is 54.1 Å². The molecule has 2 aliphatic rings. The maximum absolute atomic E-state index is 12.7. The fourth-order valence-corrected chi connectivity index (χ4v) is 4.57. The minimum atomic E-state index is -3.90. The van der Waals surface area contributed by atoms with Crippen molar-refractivity contribution in [2.45, 2.75) is 11.3 Å². The van der Waals surface area contributed by atoms with Crippen LogP contribution in [0.2, 0.25) is 0 Å². The van der Waals surface area contributed by atoms with Crippen molar-refractivity contribution >= 4 is 21.8 Å². The largest absolute Gasteiger partial charge is 0.490 e. The van der Waals surface area contributed by atoms with E-state index >= 15 is 0 Å². The number of carbonyl (C=O) groups is 2. The molecule has 0 unspecified atom stereocenters. The number of benzene rings is 2. The fraction of sp³-hybridized carbons (Fsp3) is 0.364. The molecule has 0 atom stereocenters. The number of fused-ring (bicyclic) bond motifs is 1. The van der Waals surface area contributed by atoms with Gasteiger partial charge in [0.05, 0.1) is 24.7 Å². The predicted octanol–water partition coefficient (Wildman–Crippen LogP) is 1.11. The van der Waals surface area contributed by atoms with Crippen LogP contribution in [0.15, 0.2) is 53.4 Å². The third-order valence-electron chi connectivity index (χ3n) is 5.38. The van der Waals surface area contributed by atoms with Gasteiger partial charge in [-0.2, -0.15) is 0 Å². The van der Waals surface area contributed by atoms with Gasteiger partial charge in [-0.25, -0.2) is 13.1 Å². The molecule has 2 heterocycles. The van der Waals surface area contributed by atoms with Gasteiger partial charge >= 0.3 is 0 Å². The Morgan fingerprint density at radius 3 is 2.25 bits per heavy atom. The van der Waals surface area contributed by atoms with Gasteiger partial charge < -0.3 is 19.3 Å². The average Bonchev–Trinajstić information content (AvgIpc) is 3.08. The Bertz CT molecular complexity index is 1080. The molecule has 0 saturated carbocycles. The van der Waals surface area contributed by atoms with E-state index in [2.05, 4.69) is 4.72 Å². The van der Waals surface area contributed by atoms with Gasteiger partial charge in [0.2, 0.25) is 15.9 Å². The highest BCUT2D eigenvalue weighted by Crippen LogP contribution is 2.31. The predicted molar refractivity (Wildman–Crippen MR) is 116 cm³/mol. The second-order valence-electron chi connectivity index (χ2n) is 7.52. The van der Waals surface area contributed by atoms with E-state index in [1.165, 1.54) is 12.1 Å². The van der Waals surface area contributed by atoms with Crippen molar-refractivity contribution in [3.63, 3.8) is 0 Å². The lowest BCUT2D eigenvalue weighted by Crippen LogP contribution is -2.52. The van der Waals surface area contributed by atoms with Crippen molar-refractivity contribution in [1.29, 1.82) is 0 Å². The molecule has 4 rings (SSSR count). The second-order valence-corrected chi connectivity index (χ2v) is 9.29. The third kappa shape index (κ3) is 5.03. The molecule has 0 radical (unpaired) electrons. The van der Waals surface area contributed by atoms with Crippen molar-refractivity contribution in [1.82, 2.24) is 14.5 Å². The molecule has 1 N–H and O–H groups in total. The van der Waals surface area contributed by atoms with Gasteiger partial charge in [-0.15, -0.1) is 0 Å². The van der Waals surface area contributed by atoms with E-state index in [9.17, 15) is 18.0 Å². The zero-order valence-electron chi connectivity index (χ0n) is 17.5. The van der Waals surface area contributed by atoms with Crippen LogP contribution in [0.5, 0.6) is 11.5 Å². The van der Waals surface area contributed by atoms with Gasteiger partial charge in [0.1, 0.15) is 0 Å². The summed E-state index contributed by atoms with van der Waals surface area (Å²) in [6.45, 7) is 2.09. The van der Waals surface area contributed by atoms with E-state index in [1.54, 1.807) is 28.0 Å². The van der Waals surface area contributed by atoms with Gasteiger partial charge in [0, 0.05) is 44.2 Å². The summed E-state index contributed by atoms with van der Waals surface area (Å²) in [5.41, 5.74) is 0.607. The topological polar surface area (TPSA) is 105 Å². The quantitative estimate of drug-likeness (QED) is 0.718.